The van der Waals surface area contributed by atoms with Crippen molar-refractivity contribution in [3.05, 3.63) is 34.9 Å². The zero-order chi connectivity index (χ0) is 13.7. The molecule has 1 saturated carbocycles. The number of rotatable bonds is 5. The van der Waals surface area contributed by atoms with Crippen LogP contribution in [0.15, 0.2) is 24.3 Å². The van der Waals surface area contributed by atoms with Gasteiger partial charge in [0.05, 0.1) is 12.1 Å². The van der Waals surface area contributed by atoms with Crippen molar-refractivity contribution in [3.63, 3.8) is 0 Å². The van der Waals surface area contributed by atoms with Crippen LogP contribution in [0.4, 0.5) is 0 Å². The molecule has 0 radical (unpaired) electrons. The smallest absolute Gasteiger partial charge is 0.0807 e. The molecule has 106 valence electrons. The highest BCUT2D eigenvalue weighted by Crippen LogP contribution is 2.35. The molecule has 0 aromatic heterocycles. The second-order valence-electron chi connectivity index (χ2n) is 5.26. The number of hydrogen-bond donors (Lipinski definition) is 2. The van der Waals surface area contributed by atoms with Gasteiger partial charge in [-0.1, -0.05) is 49.1 Å². The summed E-state index contributed by atoms with van der Waals surface area (Å²) in [7, 11) is 1.76. The van der Waals surface area contributed by atoms with Gasteiger partial charge in [-0.2, -0.15) is 0 Å². The van der Waals surface area contributed by atoms with Crippen molar-refractivity contribution in [2.24, 2.45) is 11.8 Å². The van der Waals surface area contributed by atoms with E-state index in [0.29, 0.717) is 5.92 Å². The van der Waals surface area contributed by atoms with E-state index in [1.165, 1.54) is 32.1 Å². The molecule has 0 bridgehead atoms. The molecule has 0 amide bonds. The lowest BCUT2D eigenvalue weighted by Gasteiger charge is -2.35. The van der Waals surface area contributed by atoms with E-state index < -0.39 is 0 Å². The van der Waals surface area contributed by atoms with Crippen LogP contribution in [0.2, 0.25) is 5.02 Å². The lowest BCUT2D eigenvalue weighted by atomic mass is 9.81. The van der Waals surface area contributed by atoms with E-state index in [1.807, 2.05) is 24.3 Å². The number of nitrogens with two attached hydrogens (primary N) is 1. The molecule has 1 aromatic rings. The molecule has 1 fully saturated rings. The van der Waals surface area contributed by atoms with Crippen LogP contribution in [-0.4, -0.2) is 13.2 Å². The van der Waals surface area contributed by atoms with Crippen LogP contribution in [0.5, 0.6) is 0 Å². The fourth-order valence-electron chi connectivity index (χ4n) is 3.15. The molecule has 1 aliphatic rings. The minimum absolute atomic E-state index is 0.0539. The van der Waals surface area contributed by atoms with Crippen molar-refractivity contribution in [1.29, 1.82) is 0 Å². The summed E-state index contributed by atoms with van der Waals surface area (Å²) in [5.74, 6) is 6.32. The fraction of sp³-hybridized carbons (Fsp3) is 0.600. The molecule has 4 heteroatoms. The molecule has 1 aromatic carbocycles. The van der Waals surface area contributed by atoms with Gasteiger partial charge in [0.25, 0.3) is 0 Å². The highest BCUT2D eigenvalue weighted by molar-refractivity contribution is 6.31. The van der Waals surface area contributed by atoms with Crippen LogP contribution in [0.25, 0.3) is 0 Å². The number of hydrazine groups is 1. The zero-order valence-electron chi connectivity index (χ0n) is 11.4. The standard InChI is InChI=1S/C15H23ClN2O/c1-19-15(11-7-3-2-4-8-11)14(18-17)12-9-5-6-10-13(12)16/h5-6,9-11,14-15,18H,2-4,7-8,17H2,1H3. The van der Waals surface area contributed by atoms with Crippen LogP contribution in [0.3, 0.4) is 0 Å². The number of ether oxygens (including phenoxy) is 1. The van der Waals surface area contributed by atoms with Gasteiger partial charge in [-0.3, -0.25) is 11.3 Å². The normalized spacial score (nSPS) is 20.2. The van der Waals surface area contributed by atoms with E-state index in [2.05, 4.69) is 5.43 Å². The highest BCUT2D eigenvalue weighted by Gasteiger charge is 2.31. The molecule has 3 N–H and O–H groups in total. The molecule has 19 heavy (non-hydrogen) atoms. The number of halogens is 1. The lowest BCUT2D eigenvalue weighted by molar-refractivity contribution is 0.00752. The first-order valence-electron chi connectivity index (χ1n) is 7.01. The van der Waals surface area contributed by atoms with Gasteiger partial charge in [0.1, 0.15) is 0 Å². The molecule has 0 aliphatic heterocycles. The first kappa shape index (κ1) is 14.8. The zero-order valence-corrected chi connectivity index (χ0v) is 12.2. The Morgan fingerprint density at radius 3 is 2.53 bits per heavy atom. The van der Waals surface area contributed by atoms with Gasteiger partial charge < -0.3 is 4.74 Å². The SMILES string of the molecule is COC(C1CCCCC1)C(NN)c1ccccc1Cl. The molecule has 0 heterocycles. The average Bonchev–Trinajstić information content (AvgIpc) is 2.46. The molecule has 3 nitrogen and oxygen atoms in total. The minimum atomic E-state index is -0.0539. The van der Waals surface area contributed by atoms with E-state index in [4.69, 9.17) is 22.2 Å². The molecular formula is C15H23ClN2O. The van der Waals surface area contributed by atoms with Gasteiger partial charge in [0.2, 0.25) is 0 Å². The Hall–Kier alpha value is -0.610. The van der Waals surface area contributed by atoms with Crippen LogP contribution >= 0.6 is 11.6 Å². The van der Waals surface area contributed by atoms with E-state index >= 15 is 0 Å². The van der Waals surface area contributed by atoms with Gasteiger partial charge in [-0.25, -0.2) is 0 Å². The first-order valence-corrected chi connectivity index (χ1v) is 7.39. The number of hydrogen-bond acceptors (Lipinski definition) is 3. The van der Waals surface area contributed by atoms with Crippen LogP contribution in [0, 0.1) is 5.92 Å². The quantitative estimate of drug-likeness (QED) is 0.642. The third kappa shape index (κ3) is 3.48. The Labute approximate surface area is 120 Å². The Bertz CT molecular complexity index is 393. The largest absolute Gasteiger partial charge is 0.379 e. The van der Waals surface area contributed by atoms with E-state index in [1.54, 1.807) is 7.11 Å². The molecule has 2 atom stereocenters. The topological polar surface area (TPSA) is 47.3 Å². The van der Waals surface area contributed by atoms with Crippen LogP contribution in [0.1, 0.15) is 43.7 Å². The summed E-state index contributed by atoms with van der Waals surface area (Å²) < 4.78 is 5.75. The molecule has 1 aliphatic carbocycles. The Morgan fingerprint density at radius 1 is 1.26 bits per heavy atom. The summed E-state index contributed by atoms with van der Waals surface area (Å²) in [6.45, 7) is 0. The first-order chi connectivity index (χ1) is 9.27. The third-order valence-corrected chi connectivity index (χ3v) is 4.48. The van der Waals surface area contributed by atoms with E-state index in [9.17, 15) is 0 Å². The Kier molecular flexibility index (Phi) is 5.64. The summed E-state index contributed by atoms with van der Waals surface area (Å²) in [5, 5.41) is 0.739. The monoisotopic (exact) mass is 282 g/mol. The molecule has 2 rings (SSSR count). The second kappa shape index (κ2) is 7.25. The Morgan fingerprint density at radius 2 is 1.95 bits per heavy atom. The maximum Gasteiger partial charge on any atom is 0.0807 e. The minimum Gasteiger partial charge on any atom is -0.379 e. The Balaban J connectivity index is 2.20. The van der Waals surface area contributed by atoms with Crippen molar-refractivity contribution in [2.45, 2.75) is 44.2 Å². The summed E-state index contributed by atoms with van der Waals surface area (Å²) in [5.41, 5.74) is 3.92. The maximum absolute atomic E-state index is 6.29. The lowest BCUT2D eigenvalue weighted by Crippen LogP contribution is -2.42. The van der Waals surface area contributed by atoms with Crippen molar-refractivity contribution in [3.8, 4) is 0 Å². The van der Waals surface area contributed by atoms with Crippen molar-refractivity contribution >= 4 is 11.6 Å². The van der Waals surface area contributed by atoms with Crippen molar-refractivity contribution < 1.29 is 4.74 Å². The number of nitrogens with one attached hydrogen (secondary N) is 1. The van der Waals surface area contributed by atoms with Gasteiger partial charge in [0, 0.05) is 12.1 Å². The van der Waals surface area contributed by atoms with Gasteiger partial charge >= 0.3 is 0 Å². The van der Waals surface area contributed by atoms with Crippen LogP contribution < -0.4 is 11.3 Å². The maximum atomic E-state index is 6.29. The van der Waals surface area contributed by atoms with Crippen molar-refractivity contribution in [1.82, 2.24) is 5.43 Å². The third-order valence-electron chi connectivity index (χ3n) is 4.13. The molecule has 0 spiro atoms. The summed E-state index contributed by atoms with van der Waals surface area (Å²) in [4.78, 5) is 0. The average molecular weight is 283 g/mol. The summed E-state index contributed by atoms with van der Waals surface area (Å²) >= 11 is 6.29. The van der Waals surface area contributed by atoms with Gasteiger partial charge in [-0.15, -0.1) is 0 Å². The predicted octanol–water partition coefficient (Wildman–Crippen LogP) is 3.44. The summed E-state index contributed by atoms with van der Waals surface area (Å²) in [6, 6.07) is 7.78. The van der Waals surface area contributed by atoms with Gasteiger partial charge in [-0.05, 0) is 30.4 Å². The number of methoxy groups -OCH3 is 1. The fourth-order valence-corrected chi connectivity index (χ4v) is 3.41. The van der Waals surface area contributed by atoms with Crippen LogP contribution in [-0.2, 0) is 4.74 Å². The van der Waals surface area contributed by atoms with Crippen molar-refractivity contribution in [2.75, 3.05) is 7.11 Å². The second-order valence-corrected chi connectivity index (χ2v) is 5.67. The highest BCUT2D eigenvalue weighted by atomic mass is 35.5. The number of benzene rings is 1. The molecular weight excluding hydrogens is 260 g/mol. The predicted molar refractivity (Wildman–Crippen MR) is 78.9 cm³/mol. The summed E-state index contributed by atoms with van der Waals surface area (Å²) in [6.07, 6.45) is 6.39. The van der Waals surface area contributed by atoms with E-state index in [-0.39, 0.29) is 12.1 Å². The van der Waals surface area contributed by atoms with Gasteiger partial charge in [0.15, 0.2) is 0 Å². The molecule has 2 unspecified atom stereocenters. The van der Waals surface area contributed by atoms with E-state index in [0.717, 1.165) is 10.6 Å². The molecule has 0 saturated heterocycles.